The number of nitrogens with one attached hydrogen (secondary N) is 1. The molecular formula is C24H24N2O3. The van der Waals surface area contributed by atoms with E-state index in [4.69, 9.17) is 9.47 Å². The molecule has 3 aromatic rings. The first-order chi connectivity index (χ1) is 14.1. The Morgan fingerprint density at radius 3 is 2.52 bits per heavy atom. The fourth-order valence-electron chi connectivity index (χ4n) is 2.79. The van der Waals surface area contributed by atoms with E-state index in [1.54, 1.807) is 12.3 Å². The van der Waals surface area contributed by atoms with Gasteiger partial charge in [-0.05, 0) is 72.5 Å². The normalized spacial score (nSPS) is 10.7. The number of methoxy groups -OCH3 is 1. The van der Waals surface area contributed by atoms with Gasteiger partial charge in [-0.25, -0.2) is 5.43 Å². The first-order valence-corrected chi connectivity index (χ1v) is 9.32. The number of carbonyl (C=O) groups excluding carboxylic acids is 1. The van der Waals surface area contributed by atoms with Crippen molar-refractivity contribution in [1.29, 1.82) is 0 Å². The molecule has 0 atom stereocenters. The van der Waals surface area contributed by atoms with Crippen molar-refractivity contribution in [2.75, 3.05) is 7.11 Å². The second-order valence-corrected chi connectivity index (χ2v) is 6.69. The molecule has 0 spiro atoms. The molecular weight excluding hydrogens is 364 g/mol. The topological polar surface area (TPSA) is 59.9 Å². The van der Waals surface area contributed by atoms with Crippen LogP contribution in [0.1, 0.15) is 32.6 Å². The number of hydrogen-bond donors (Lipinski definition) is 1. The van der Waals surface area contributed by atoms with Crippen molar-refractivity contribution in [1.82, 2.24) is 5.43 Å². The van der Waals surface area contributed by atoms with E-state index in [1.807, 2.05) is 55.5 Å². The smallest absolute Gasteiger partial charge is 0.275 e. The van der Waals surface area contributed by atoms with Gasteiger partial charge >= 0.3 is 0 Å². The third-order valence-corrected chi connectivity index (χ3v) is 4.52. The number of hydrazone groups is 1. The molecule has 0 radical (unpaired) electrons. The largest absolute Gasteiger partial charge is 0.496 e. The predicted molar refractivity (Wildman–Crippen MR) is 115 cm³/mol. The Bertz CT molecular complexity index is 1010. The molecule has 3 aromatic carbocycles. The van der Waals surface area contributed by atoms with Crippen LogP contribution in [0.25, 0.3) is 0 Å². The molecule has 1 N–H and O–H groups in total. The minimum absolute atomic E-state index is 0.323. The van der Waals surface area contributed by atoms with Gasteiger partial charge in [0, 0.05) is 0 Å². The summed E-state index contributed by atoms with van der Waals surface area (Å²) in [6.45, 7) is 4.53. The Labute approximate surface area is 171 Å². The number of hydrogen-bond acceptors (Lipinski definition) is 4. The highest BCUT2D eigenvalue weighted by Crippen LogP contribution is 2.19. The lowest BCUT2D eigenvalue weighted by atomic mass is 10.1. The van der Waals surface area contributed by atoms with Crippen molar-refractivity contribution >= 4 is 12.1 Å². The number of ether oxygens (including phenoxy) is 2. The quantitative estimate of drug-likeness (QED) is 0.473. The van der Waals surface area contributed by atoms with Crippen LogP contribution in [-0.2, 0) is 6.61 Å². The van der Waals surface area contributed by atoms with Gasteiger partial charge in [0.15, 0.2) is 0 Å². The van der Waals surface area contributed by atoms with Crippen molar-refractivity contribution in [2.24, 2.45) is 5.10 Å². The molecule has 0 aliphatic heterocycles. The summed E-state index contributed by atoms with van der Waals surface area (Å²) >= 11 is 0. The van der Waals surface area contributed by atoms with Gasteiger partial charge in [-0.2, -0.15) is 5.10 Å². The Morgan fingerprint density at radius 1 is 1.03 bits per heavy atom. The molecule has 3 rings (SSSR count). The van der Waals surface area contributed by atoms with Crippen LogP contribution in [0.2, 0.25) is 0 Å². The van der Waals surface area contributed by atoms with Gasteiger partial charge in [0.2, 0.25) is 0 Å². The van der Waals surface area contributed by atoms with Crippen LogP contribution in [-0.4, -0.2) is 19.2 Å². The van der Waals surface area contributed by atoms with Crippen LogP contribution in [0.15, 0.2) is 71.8 Å². The van der Waals surface area contributed by atoms with Gasteiger partial charge in [-0.15, -0.1) is 0 Å². The van der Waals surface area contributed by atoms with Crippen LogP contribution in [0.5, 0.6) is 11.5 Å². The van der Waals surface area contributed by atoms with Crippen molar-refractivity contribution in [3.63, 3.8) is 0 Å². The third kappa shape index (κ3) is 5.45. The maximum atomic E-state index is 12.3. The maximum absolute atomic E-state index is 12.3. The van der Waals surface area contributed by atoms with E-state index >= 15 is 0 Å². The average molecular weight is 388 g/mol. The van der Waals surface area contributed by atoms with Gasteiger partial charge in [-0.1, -0.05) is 30.3 Å². The molecule has 0 aliphatic rings. The fourth-order valence-corrected chi connectivity index (χ4v) is 2.79. The minimum atomic E-state index is -0.323. The molecule has 0 bridgehead atoms. The summed E-state index contributed by atoms with van der Waals surface area (Å²) in [6.07, 6.45) is 1.59. The molecule has 29 heavy (non-hydrogen) atoms. The lowest BCUT2D eigenvalue weighted by molar-refractivity contribution is 0.0952. The Kier molecular flexibility index (Phi) is 6.63. The number of aryl methyl sites for hydroxylation is 2. The zero-order valence-corrected chi connectivity index (χ0v) is 16.8. The summed E-state index contributed by atoms with van der Waals surface area (Å²) in [5.74, 6) is 0.975. The second-order valence-electron chi connectivity index (χ2n) is 6.69. The van der Waals surface area contributed by atoms with Crippen LogP contribution in [0, 0.1) is 13.8 Å². The molecule has 1 amide bonds. The van der Waals surface area contributed by atoms with E-state index < -0.39 is 0 Å². The molecule has 0 saturated heterocycles. The summed E-state index contributed by atoms with van der Waals surface area (Å²) in [6, 6.07) is 21.1. The first-order valence-electron chi connectivity index (χ1n) is 9.32. The van der Waals surface area contributed by atoms with E-state index in [0.717, 1.165) is 22.4 Å². The molecule has 5 heteroatoms. The lowest BCUT2D eigenvalue weighted by Gasteiger charge is -2.09. The fraction of sp³-hybridized carbons (Fsp3) is 0.167. The van der Waals surface area contributed by atoms with Gasteiger partial charge in [0.25, 0.3) is 5.91 Å². The second kappa shape index (κ2) is 9.55. The van der Waals surface area contributed by atoms with E-state index in [9.17, 15) is 4.79 Å². The highest BCUT2D eigenvalue weighted by atomic mass is 16.5. The highest BCUT2D eigenvalue weighted by molar-refractivity contribution is 5.97. The minimum Gasteiger partial charge on any atom is -0.496 e. The van der Waals surface area contributed by atoms with E-state index in [-0.39, 0.29) is 5.91 Å². The molecule has 0 unspecified atom stereocenters. The summed E-state index contributed by atoms with van der Waals surface area (Å²) in [5.41, 5.74) is 7.21. The van der Waals surface area contributed by atoms with E-state index in [2.05, 4.69) is 29.6 Å². The molecule has 0 aliphatic carbocycles. The Morgan fingerprint density at radius 2 is 1.79 bits per heavy atom. The Balaban J connectivity index is 1.56. The van der Waals surface area contributed by atoms with Gasteiger partial charge in [0.05, 0.1) is 18.9 Å². The van der Waals surface area contributed by atoms with Gasteiger partial charge in [-0.3, -0.25) is 4.79 Å². The summed E-state index contributed by atoms with van der Waals surface area (Å²) < 4.78 is 11.1. The zero-order valence-electron chi connectivity index (χ0n) is 16.8. The lowest BCUT2D eigenvalue weighted by Crippen LogP contribution is -2.18. The van der Waals surface area contributed by atoms with Crippen LogP contribution >= 0.6 is 0 Å². The van der Waals surface area contributed by atoms with E-state index in [1.165, 1.54) is 12.7 Å². The van der Waals surface area contributed by atoms with Crippen LogP contribution < -0.4 is 14.9 Å². The van der Waals surface area contributed by atoms with Crippen LogP contribution in [0.3, 0.4) is 0 Å². The monoisotopic (exact) mass is 388 g/mol. The number of benzene rings is 3. The standard InChI is InChI=1S/C24H24N2O3/c1-17-8-13-22(23(14-17)28-3)24(27)26-25-15-19-9-11-21(12-10-19)29-16-20-7-5-4-6-18(20)2/h4-15H,16H2,1-3H3,(H,26,27)/b25-15-. The van der Waals surface area contributed by atoms with Crippen molar-refractivity contribution < 1.29 is 14.3 Å². The number of nitrogens with zero attached hydrogens (tertiary/aromatic N) is 1. The van der Waals surface area contributed by atoms with E-state index in [0.29, 0.717) is 17.9 Å². The summed E-state index contributed by atoms with van der Waals surface area (Å²) in [4.78, 5) is 12.3. The third-order valence-electron chi connectivity index (χ3n) is 4.52. The summed E-state index contributed by atoms with van der Waals surface area (Å²) in [5, 5.41) is 4.03. The predicted octanol–water partition coefficient (Wildman–Crippen LogP) is 4.65. The maximum Gasteiger partial charge on any atom is 0.275 e. The van der Waals surface area contributed by atoms with Crippen molar-refractivity contribution in [3.8, 4) is 11.5 Å². The zero-order chi connectivity index (χ0) is 20.6. The number of rotatable bonds is 7. The Hall–Kier alpha value is -3.60. The molecule has 0 fully saturated rings. The molecule has 5 nitrogen and oxygen atoms in total. The molecule has 0 aromatic heterocycles. The molecule has 0 saturated carbocycles. The SMILES string of the molecule is COc1cc(C)ccc1C(=O)N/N=C\c1ccc(OCc2ccccc2C)cc1. The van der Waals surface area contributed by atoms with Crippen LogP contribution in [0.4, 0.5) is 0 Å². The van der Waals surface area contributed by atoms with Gasteiger partial charge in [0.1, 0.15) is 18.1 Å². The number of amides is 1. The van der Waals surface area contributed by atoms with Crippen molar-refractivity contribution in [2.45, 2.75) is 20.5 Å². The average Bonchev–Trinajstić information content (AvgIpc) is 2.74. The number of carbonyl (C=O) groups is 1. The van der Waals surface area contributed by atoms with Crippen molar-refractivity contribution in [3.05, 3.63) is 94.5 Å². The first kappa shape index (κ1) is 20.1. The summed E-state index contributed by atoms with van der Waals surface area (Å²) in [7, 11) is 1.54. The van der Waals surface area contributed by atoms with Gasteiger partial charge < -0.3 is 9.47 Å². The highest BCUT2D eigenvalue weighted by Gasteiger charge is 2.11. The molecule has 148 valence electrons. The molecule has 0 heterocycles.